The summed E-state index contributed by atoms with van der Waals surface area (Å²) in [6.07, 6.45) is 2.73. The third-order valence-corrected chi connectivity index (χ3v) is 4.51. The predicted octanol–water partition coefficient (Wildman–Crippen LogP) is 2.18. The first kappa shape index (κ1) is 17.4. The summed E-state index contributed by atoms with van der Waals surface area (Å²) in [5, 5.41) is 3.95. The number of nitrogens with zero attached hydrogens (tertiary/aromatic N) is 4. The van der Waals surface area contributed by atoms with Crippen LogP contribution in [0.2, 0.25) is 0 Å². The molecule has 0 radical (unpaired) electrons. The van der Waals surface area contributed by atoms with Gasteiger partial charge in [-0.05, 0) is 32.4 Å². The molecule has 25 heavy (non-hydrogen) atoms. The molecule has 1 aliphatic heterocycles. The number of amides is 1. The maximum Gasteiger partial charge on any atom is 0.254 e. The van der Waals surface area contributed by atoms with Crippen LogP contribution >= 0.6 is 0 Å². The minimum absolute atomic E-state index is 0.0406. The summed E-state index contributed by atoms with van der Waals surface area (Å²) in [5.41, 5.74) is 2.51. The number of hydrogen-bond acceptors (Lipinski definition) is 6. The molecule has 1 amide bonds. The van der Waals surface area contributed by atoms with Crippen molar-refractivity contribution >= 4 is 11.7 Å². The van der Waals surface area contributed by atoms with Crippen LogP contribution in [0.5, 0.6) is 0 Å². The zero-order valence-corrected chi connectivity index (χ0v) is 15.2. The Morgan fingerprint density at radius 2 is 2.20 bits per heavy atom. The lowest BCUT2D eigenvalue weighted by Gasteiger charge is -2.18. The molecule has 1 fully saturated rings. The van der Waals surface area contributed by atoms with Crippen molar-refractivity contribution in [1.29, 1.82) is 0 Å². The summed E-state index contributed by atoms with van der Waals surface area (Å²) >= 11 is 0. The molecule has 0 N–H and O–H groups in total. The highest BCUT2D eigenvalue weighted by Gasteiger charge is 2.25. The lowest BCUT2D eigenvalue weighted by atomic mass is 10.2. The molecule has 1 atom stereocenters. The van der Waals surface area contributed by atoms with Gasteiger partial charge < -0.3 is 19.1 Å². The van der Waals surface area contributed by atoms with E-state index in [-0.39, 0.29) is 12.0 Å². The van der Waals surface area contributed by atoms with E-state index in [1.807, 2.05) is 26.0 Å². The van der Waals surface area contributed by atoms with E-state index in [2.05, 4.69) is 15.0 Å². The molecule has 0 aromatic carbocycles. The van der Waals surface area contributed by atoms with Crippen molar-refractivity contribution in [2.45, 2.75) is 33.0 Å². The second kappa shape index (κ2) is 7.23. The number of hydrogen-bond donors (Lipinski definition) is 0. The fourth-order valence-corrected chi connectivity index (χ4v) is 2.94. The van der Waals surface area contributed by atoms with Crippen molar-refractivity contribution in [3.8, 4) is 0 Å². The maximum atomic E-state index is 11.9. The number of aryl methyl sites for hydroxylation is 2. The molecule has 3 rings (SSSR count). The first-order valence-corrected chi connectivity index (χ1v) is 8.41. The van der Waals surface area contributed by atoms with Crippen LogP contribution in [0.25, 0.3) is 0 Å². The number of ether oxygens (including phenoxy) is 1. The number of aromatic nitrogens is 2. The largest absolute Gasteiger partial charge is 0.371 e. The molecule has 0 spiro atoms. The third kappa shape index (κ3) is 3.82. The van der Waals surface area contributed by atoms with Crippen LogP contribution in [0.4, 0.5) is 5.82 Å². The van der Waals surface area contributed by atoms with Crippen LogP contribution in [0, 0.1) is 13.8 Å². The smallest absolute Gasteiger partial charge is 0.254 e. The second-order valence-corrected chi connectivity index (χ2v) is 6.58. The fraction of sp³-hybridized carbons (Fsp3) is 0.500. The average Bonchev–Trinajstić information content (AvgIpc) is 3.20. The van der Waals surface area contributed by atoms with Crippen molar-refractivity contribution in [3.05, 3.63) is 40.9 Å². The molecule has 3 heterocycles. The molecule has 1 unspecified atom stereocenters. The van der Waals surface area contributed by atoms with Gasteiger partial charge in [-0.2, -0.15) is 0 Å². The molecule has 0 saturated carbocycles. The van der Waals surface area contributed by atoms with E-state index in [1.165, 1.54) is 0 Å². The molecule has 0 aliphatic carbocycles. The average molecular weight is 344 g/mol. The molecule has 7 nitrogen and oxygen atoms in total. The van der Waals surface area contributed by atoms with Gasteiger partial charge in [-0.1, -0.05) is 5.16 Å². The number of pyridine rings is 1. The Kier molecular flexibility index (Phi) is 5.03. The molecule has 7 heteroatoms. The Morgan fingerprint density at radius 3 is 2.80 bits per heavy atom. The van der Waals surface area contributed by atoms with E-state index < -0.39 is 0 Å². The molecule has 1 aliphatic rings. The third-order valence-electron chi connectivity index (χ3n) is 4.51. The summed E-state index contributed by atoms with van der Waals surface area (Å²) in [6, 6.07) is 3.72. The monoisotopic (exact) mass is 344 g/mol. The van der Waals surface area contributed by atoms with Gasteiger partial charge in [0.15, 0.2) is 0 Å². The Labute approximate surface area is 147 Å². The van der Waals surface area contributed by atoms with Crippen LogP contribution in [0.3, 0.4) is 0 Å². The van der Waals surface area contributed by atoms with Crippen LogP contribution in [-0.2, 0) is 11.3 Å². The van der Waals surface area contributed by atoms with E-state index in [9.17, 15) is 4.79 Å². The Balaban J connectivity index is 1.56. The van der Waals surface area contributed by atoms with Crippen LogP contribution in [-0.4, -0.2) is 54.2 Å². The highest BCUT2D eigenvalue weighted by atomic mass is 16.5. The van der Waals surface area contributed by atoms with E-state index >= 15 is 0 Å². The van der Waals surface area contributed by atoms with E-state index in [4.69, 9.17) is 9.26 Å². The van der Waals surface area contributed by atoms with Gasteiger partial charge >= 0.3 is 0 Å². The van der Waals surface area contributed by atoms with Crippen LogP contribution in [0.1, 0.15) is 33.8 Å². The van der Waals surface area contributed by atoms with Gasteiger partial charge in [0.05, 0.1) is 24.0 Å². The first-order valence-electron chi connectivity index (χ1n) is 8.41. The molecule has 0 bridgehead atoms. The number of carbonyl (C=O) groups excluding carboxylic acids is 1. The lowest BCUT2D eigenvalue weighted by Crippen LogP contribution is -2.25. The summed E-state index contributed by atoms with van der Waals surface area (Å²) in [4.78, 5) is 20.1. The number of rotatable bonds is 5. The fourth-order valence-electron chi connectivity index (χ4n) is 2.94. The molecular formula is C18H24N4O3. The quantitative estimate of drug-likeness (QED) is 0.828. The Morgan fingerprint density at radius 1 is 1.40 bits per heavy atom. The molecule has 1 saturated heterocycles. The van der Waals surface area contributed by atoms with Crippen molar-refractivity contribution in [2.75, 3.05) is 32.1 Å². The van der Waals surface area contributed by atoms with Gasteiger partial charge in [-0.25, -0.2) is 4.98 Å². The van der Waals surface area contributed by atoms with Gasteiger partial charge in [-0.15, -0.1) is 0 Å². The van der Waals surface area contributed by atoms with E-state index in [0.29, 0.717) is 12.2 Å². The zero-order chi connectivity index (χ0) is 18.0. The van der Waals surface area contributed by atoms with Gasteiger partial charge in [0.2, 0.25) is 0 Å². The zero-order valence-electron chi connectivity index (χ0n) is 15.2. The Bertz CT molecular complexity index is 720. The highest BCUT2D eigenvalue weighted by molar-refractivity contribution is 5.93. The minimum atomic E-state index is -0.0406. The molecule has 2 aromatic rings. The maximum absolute atomic E-state index is 11.9. The normalized spacial score (nSPS) is 17.1. The SMILES string of the molecule is Cc1noc(C)c1COC1CCN(c2ccc(C(=O)N(C)C)cn2)C1. The van der Waals surface area contributed by atoms with Crippen molar-refractivity contribution in [2.24, 2.45) is 0 Å². The number of carbonyl (C=O) groups is 1. The lowest BCUT2D eigenvalue weighted by molar-refractivity contribution is 0.0544. The number of anilines is 1. The first-order chi connectivity index (χ1) is 12.0. The minimum Gasteiger partial charge on any atom is -0.371 e. The Hall–Kier alpha value is -2.41. The van der Waals surface area contributed by atoms with E-state index in [0.717, 1.165) is 42.3 Å². The highest BCUT2D eigenvalue weighted by Crippen LogP contribution is 2.22. The summed E-state index contributed by atoms with van der Waals surface area (Å²) in [5.74, 6) is 1.65. The molecular weight excluding hydrogens is 320 g/mol. The van der Waals surface area contributed by atoms with Crippen LogP contribution in [0.15, 0.2) is 22.9 Å². The summed E-state index contributed by atoms with van der Waals surface area (Å²) in [6.45, 7) is 6.03. The molecule has 2 aromatic heterocycles. The van der Waals surface area contributed by atoms with Gasteiger partial charge in [0.25, 0.3) is 5.91 Å². The van der Waals surface area contributed by atoms with Gasteiger partial charge in [-0.3, -0.25) is 4.79 Å². The van der Waals surface area contributed by atoms with Crippen molar-refractivity contribution in [1.82, 2.24) is 15.0 Å². The van der Waals surface area contributed by atoms with Crippen LogP contribution < -0.4 is 4.90 Å². The van der Waals surface area contributed by atoms with Crippen molar-refractivity contribution in [3.63, 3.8) is 0 Å². The predicted molar refractivity (Wildman–Crippen MR) is 93.6 cm³/mol. The van der Waals surface area contributed by atoms with Crippen molar-refractivity contribution < 1.29 is 14.1 Å². The second-order valence-electron chi connectivity index (χ2n) is 6.58. The topological polar surface area (TPSA) is 71.7 Å². The van der Waals surface area contributed by atoms with Gasteiger partial charge in [0, 0.05) is 38.9 Å². The standard InChI is InChI=1S/C18H24N4O3/c1-12-16(13(2)25-20-12)11-24-15-7-8-22(10-15)17-6-5-14(9-19-17)18(23)21(3)4/h5-6,9,15H,7-8,10-11H2,1-4H3. The van der Waals surface area contributed by atoms with E-state index in [1.54, 1.807) is 25.2 Å². The summed E-state index contributed by atoms with van der Waals surface area (Å²) < 4.78 is 11.2. The summed E-state index contributed by atoms with van der Waals surface area (Å²) in [7, 11) is 3.47. The molecule has 134 valence electrons. The van der Waals surface area contributed by atoms with Gasteiger partial charge in [0.1, 0.15) is 11.6 Å².